The maximum absolute atomic E-state index is 13.8. The summed E-state index contributed by atoms with van der Waals surface area (Å²) in [5, 5.41) is 0.444. The normalized spacial score (nSPS) is 15.0. The third-order valence-electron chi connectivity index (χ3n) is 6.33. The minimum absolute atomic E-state index is 0.0313. The van der Waals surface area contributed by atoms with Crippen LogP contribution in [0.1, 0.15) is 44.5 Å². The molecule has 0 aliphatic carbocycles. The quantitative estimate of drug-likeness (QED) is 0.435. The first-order valence-corrected chi connectivity index (χ1v) is 10.9. The van der Waals surface area contributed by atoms with Crippen molar-refractivity contribution in [2.45, 2.75) is 26.8 Å². The lowest BCUT2D eigenvalue weighted by molar-refractivity contribution is 0.0970. The van der Waals surface area contributed by atoms with E-state index in [1.54, 1.807) is 38.5 Å². The molecule has 1 unspecified atom stereocenters. The van der Waals surface area contributed by atoms with Gasteiger partial charge in [-0.2, -0.15) is 0 Å². The number of benzene rings is 2. The third kappa shape index (κ3) is 3.23. The van der Waals surface area contributed by atoms with Gasteiger partial charge in [-0.05, 0) is 73.9 Å². The number of anilines is 1. The van der Waals surface area contributed by atoms with Crippen LogP contribution in [0.3, 0.4) is 0 Å². The van der Waals surface area contributed by atoms with Crippen molar-refractivity contribution in [2.24, 2.45) is 0 Å². The van der Waals surface area contributed by atoms with Gasteiger partial charge in [0.2, 0.25) is 5.76 Å². The summed E-state index contributed by atoms with van der Waals surface area (Å²) >= 11 is 0. The van der Waals surface area contributed by atoms with Crippen molar-refractivity contribution in [2.75, 3.05) is 19.1 Å². The van der Waals surface area contributed by atoms with Gasteiger partial charge >= 0.3 is 0 Å². The number of rotatable bonds is 4. The number of ether oxygens (including phenoxy) is 2. The number of carbonyl (C=O) groups is 1. The Hall–Kier alpha value is -4.13. The van der Waals surface area contributed by atoms with E-state index in [9.17, 15) is 9.59 Å². The molecule has 0 spiro atoms. The standard InChI is InChI=1S/C27H24N2O5/c1-14-11-18-20(12-15(14)2)34-26-23(25(18)30)24(17-9-10-19(32-4)21(13-17)33-5)29(27(26)31)22-8-6-7-16(3)28-22/h6-13,24H,1-5H3. The van der Waals surface area contributed by atoms with Crippen LogP contribution in [0.25, 0.3) is 11.0 Å². The molecule has 2 aromatic carbocycles. The van der Waals surface area contributed by atoms with Gasteiger partial charge in [0.05, 0.1) is 31.2 Å². The molecule has 0 saturated carbocycles. The van der Waals surface area contributed by atoms with Crippen LogP contribution in [0.5, 0.6) is 11.5 Å². The average molecular weight is 456 g/mol. The van der Waals surface area contributed by atoms with Gasteiger partial charge in [-0.15, -0.1) is 0 Å². The molecular formula is C27H24N2O5. The Balaban J connectivity index is 1.83. The smallest absolute Gasteiger partial charge is 0.296 e. The van der Waals surface area contributed by atoms with Crippen LogP contribution in [-0.4, -0.2) is 25.1 Å². The highest BCUT2D eigenvalue weighted by molar-refractivity contribution is 6.10. The van der Waals surface area contributed by atoms with Gasteiger partial charge in [0.1, 0.15) is 11.4 Å². The lowest BCUT2D eigenvalue weighted by atomic mass is 9.97. The van der Waals surface area contributed by atoms with Crippen molar-refractivity contribution in [1.29, 1.82) is 0 Å². The molecule has 7 heteroatoms. The number of methoxy groups -OCH3 is 2. The van der Waals surface area contributed by atoms with E-state index in [-0.39, 0.29) is 16.8 Å². The molecule has 7 nitrogen and oxygen atoms in total. The number of pyridine rings is 1. The Morgan fingerprint density at radius 1 is 0.912 bits per heavy atom. The van der Waals surface area contributed by atoms with Gasteiger partial charge in [0, 0.05) is 5.69 Å². The van der Waals surface area contributed by atoms with Crippen LogP contribution < -0.4 is 19.8 Å². The topological polar surface area (TPSA) is 81.9 Å². The highest BCUT2D eigenvalue weighted by Gasteiger charge is 2.44. The van der Waals surface area contributed by atoms with Gasteiger partial charge in [-0.3, -0.25) is 14.5 Å². The van der Waals surface area contributed by atoms with Crippen molar-refractivity contribution in [3.63, 3.8) is 0 Å². The van der Waals surface area contributed by atoms with Crippen LogP contribution >= 0.6 is 0 Å². The molecule has 0 radical (unpaired) electrons. The number of carbonyl (C=O) groups excluding carboxylic acids is 1. The Labute approximate surface area is 196 Å². The zero-order valence-corrected chi connectivity index (χ0v) is 19.6. The van der Waals surface area contributed by atoms with Gasteiger partial charge in [0.15, 0.2) is 16.9 Å². The Morgan fingerprint density at radius 3 is 2.35 bits per heavy atom. The number of aromatic nitrogens is 1. The van der Waals surface area contributed by atoms with Crippen LogP contribution in [0.2, 0.25) is 0 Å². The van der Waals surface area contributed by atoms with E-state index in [0.29, 0.717) is 33.8 Å². The summed E-state index contributed by atoms with van der Waals surface area (Å²) in [6, 6.07) is 13.7. The molecule has 1 aliphatic heterocycles. The molecule has 1 aliphatic rings. The van der Waals surface area contributed by atoms with Gasteiger partial charge in [-0.25, -0.2) is 4.98 Å². The molecule has 0 fully saturated rings. The molecule has 3 heterocycles. The fourth-order valence-corrected chi connectivity index (χ4v) is 4.47. The highest BCUT2D eigenvalue weighted by atomic mass is 16.5. The molecule has 0 N–H and O–H groups in total. The van der Waals surface area contributed by atoms with Crippen LogP contribution in [0, 0.1) is 20.8 Å². The number of hydrogen-bond acceptors (Lipinski definition) is 6. The van der Waals surface area contributed by atoms with Crippen molar-refractivity contribution in [3.8, 4) is 11.5 Å². The second-order valence-electron chi connectivity index (χ2n) is 8.44. The number of aryl methyl sites for hydroxylation is 3. The maximum atomic E-state index is 13.8. The lowest BCUT2D eigenvalue weighted by Gasteiger charge is -2.25. The van der Waals surface area contributed by atoms with Gasteiger partial charge in [0.25, 0.3) is 5.91 Å². The van der Waals surface area contributed by atoms with E-state index in [2.05, 4.69) is 4.98 Å². The average Bonchev–Trinajstić information content (AvgIpc) is 3.12. The van der Waals surface area contributed by atoms with E-state index < -0.39 is 11.9 Å². The Bertz CT molecular complexity index is 1520. The van der Waals surface area contributed by atoms with E-state index in [0.717, 1.165) is 16.8 Å². The second-order valence-corrected chi connectivity index (χ2v) is 8.44. The first-order chi connectivity index (χ1) is 16.3. The lowest BCUT2D eigenvalue weighted by Crippen LogP contribution is -2.30. The predicted molar refractivity (Wildman–Crippen MR) is 129 cm³/mol. The summed E-state index contributed by atoms with van der Waals surface area (Å²) in [6.07, 6.45) is 0. The van der Waals surface area contributed by atoms with Crippen molar-refractivity contribution in [1.82, 2.24) is 4.98 Å². The SMILES string of the molecule is COc1ccc(C2c3c(oc4cc(C)c(C)cc4c3=O)C(=O)N2c2cccc(C)n2)cc1OC. The number of nitrogens with zero attached hydrogens (tertiary/aromatic N) is 2. The second kappa shape index (κ2) is 8.02. The van der Waals surface area contributed by atoms with Crippen molar-refractivity contribution in [3.05, 3.63) is 92.5 Å². The summed E-state index contributed by atoms with van der Waals surface area (Å²) in [6.45, 7) is 5.74. The summed E-state index contributed by atoms with van der Waals surface area (Å²) in [5.41, 5.74) is 3.84. The maximum Gasteiger partial charge on any atom is 0.296 e. The molecule has 172 valence electrons. The molecule has 5 rings (SSSR count). The molecule has 34 heavy (non-hydrogen) atoms. The van der Waals surface area contributed by atoms with Gasteiger partial charge in [-0.1, -0.05) is 12.1 Å². The summed E-state index contributed by atoms with van der Waals surface area (Å²) in [7, 11) is 3.10. The van der Waals surface area contributed by atoms with E-state index in [1.807, 2.05) is 45.0 Å². The van der Waals surface area contributed by atoms with Crippen LogP contribution in [0.15, 0.2) is 57.7 Å². The number of amides is 1. The molecule has 4 aromatic rings. The first kappa shape index (κ1) is 21.7. The summed E-state index contributed by atoms with van der Waals surface area (Å²) in [4.78, 5) is 33.6. The number of hydrogen-bond donors (Lipinski definition) is 0. The van der Waals surface area contributed by atoms with Crippen molar-refractivity contribution < 1.29 is 18.7 Å². The van der Waals surface area contributed by atoms with E-state index in [4.69, 9.17) is 13.9 Å². The zero-order valence-electron chi connectivity index (χ0n) is 19.6. The van der Waals surface area contributed by atoms with Crippen LogP contribution in [0.4, 0.5) is 5.82 Å². The summed E-state index contributed by atoms with van der Waals surface area (Å²) in [5.74, 6) is 1.10. The molecular weight excluding hydrogens is 432 g/mol. The highest BCUT2D eigenvalue weighted by Crippen LogP contribution is 2.42. The zero-order chi connectivity index (χ0) is 24.1. The number of fused-ring (bicyclic) bond motifs is 2. The predicted octanol–water partition coefficient (Wildman–Crippen LogP) is 4.88. The fourth-order valence-electron chi connectivity index (χ4n) is 4.47. The molecule has 0 saturated heterocycles. The monoisotopic (exact) mass is 456 g/mol. The largest absolute Gasteiger partial charge is 0.493 e. The molecule has 1 atom stereocenters. The summed E-state index contributed by atoms with van der Waals surface area (Å²) < 4.78 is 17.0. The van der Waals surface area contributed by atoms with Gasteiger partial charge < -0.3 is 13.9 Å². The van der Waals surface area contributed by atoms with Crippen molar-refractivity contribution >= 4 is 22.7 Å². The Kier molecular flexibility index (Phi) is 5.12. The van der Waals surface area contributed by atoms with E-state index >= 15 is 0 Å². The van der Waals surface area contributed by atoms with Crippen LogP contribution in [-0.2, 0) is 0 Å². The third-order valence-corrected chi connectivity index (χ3v) is 6.33. The molecule has 0 bridgehead atoms. The molecule has 1 amide bonds. The first-order valence-electron chi connectivity index (χ1n) is 10.9. The minimum atomic E-state index is -0.737. The molecule has 2 aromatic heterocycles. The fraction of sp³-hybridized carbons (Fsp3) is 0.222. The minimum Gasteiger partial charge on any atom is -0.493 e. The Morgan fingerprint density at radius 2 is 1.65 bits per heavy atom. The van der Waals surface area contributed by atoms with E-state index in [1.165, 1.54) is 4.90 Å².